The Morgan fingerprint density at radius 3 is 2.75 bits per heavy atom. The Morgan fingerprint density at radius 1 is 1.25 bits per heavy atom. The highest BCUT2D eigenvalue weighted by molar-refractivity contribution is 5.86. The molecule has 2 rings (SSSR count). The number of fused-ring (bicyclic) bond motifs is 1. The summed E-state index contributed by atoms with van der Waals surface area (Å²) < 4.78 is 10.8. The Balaban J connectivity index is 2.61. The van der Waals surface area contributed by atoms with Crippen LogP contribution >= 0.6 is 0 Å². The highest BCUT2D eigenvalue weighted by Gasteiger charge is 2.05. The van der Waals surface area contributed by atoms with Crippen molar-refractivity contribution in [1.29, 1.82) is 0 Å². The molecule has 0 amide bonds. The fourth-order valence-electron chi connectivity index (χ4n) is 1.73. The highest BCUT2D eigenvalue weighted by atomic mass is 16.5. The van der Waals surface area contributed by atoms with Gasteiger partial charge in [0.25, 0.3) is 0 Å². The van der Waals surface area contributed by atoms with Gasteiger partial charge < -0.3 is 9.47 Å². The van der Waals surface area contributed by atoms with E-state index in [1.54, 1.807) is 7.11 Å². The predicted octanol–water partition coefficient (Wildman–Crippen LogP) is 2.95. The Bertz CT molecular complexity index is 509. The summed E-state index contributed by atoms with van der Waals surface area (Å²) in [6.45, 7) is 4.58. The maximum atomic E-state index is 5.46. The van der Waals surface area contributed by atoms with Crippen LogP contribution in [0, 0.1) is 6.92 Å². The average Bonchev–Trinajstić information content (AvgIpc) is 2.29. The van der Waals surface area contributed by atoms with Gasteiger partial charge in [0.1, 0.15) is 11.5 Å². The SMILES string of the molecule is CCOc1ccc2nc(C)cc(OC)c2c1. The summed E-state index contributed by atoms with van der Waals surface area (Å²) in [6.07, 6.45) is 0. The number of hydrogen-bond acceptors (Lipinski definition) is 3. The zero-order chi connectivity index (χ0) is 11.5. The summed E-state index contributed by atoms with van der Waals surface area (Å²) in [5, 5.41) is 0.985. The van der Waals surface area contributed by atoms with Gasteiger partial charge in [-0.1, -0.05) is 0 Å². The molecule has 0 bridgehead atoms. The van der Waals surface area contributed by atoms with Gasteiger partial charge in [-0.15, -0.1) is 0 Å². The molecule has 0 spiro atoms. The van der Waals surface area contributed by atoms with Crippen LogP contribution < -0.4 is 9.47 Å². The fraction of sp³-hybridized carbons (Fsp3) is 0.308. The molecule has 3 nitrogen and oxygen atoms in total. The van der Waals surface area contributed by atoms with E-state index in [0.29, 0.717) is 6.61 Å². The lowest BCUT2D eigenvalue weighted by Crippen LogP contribution is -1.94. The van der Waals surface area contributed by atoms with Crippen molar-refractivity contribution < 1.29 is 9.47 Å². The van der Waals surface area contributed by atoms with Crippen LogP contribution in [0.25, 0.3) is 10.9 Å². The molecule has 0 fully saturated rings. The molecule has 0 unspecified atom stereocenters. The number of aryl methyl sites for hydroxylation is 1. The number of rotatable bonds is 3. The van der Waals surface area contributed by atoms with Gasteiger partial charge >= 0.3 is 0 Å². The summed E-state index contributed by atoms with van der Waals surface area (Å²) in [5.41, 5.74) is 1.88. The highest BCUT2D eigenvalue weighted by Crippen LogP contribution is 2.28. The van der Waals surface area contributed by atoms with E-state index < -0.39 is 0 Å². The molecule has 0 radical (unpaired) electrons. The van der Waals surface area contributed by atoms with Crippen LogP contribution in [0.3, 0.4) is 0 Å². The molecule has 0 aliphatic rings. The van der Waals surface area contributed by atoms with Gasteiger partial charge in [-0.25, -0.2) is 0 Å². The summed E-state index contributed by atoms with van der Waals surface area (Å²) in [4.78, 5) is 4.45. The number of methoxy groups -OCH3 is 1. The largest absolute Gasteiger partial charge is 0.496 e. The Kier molecular flexibility index (Phi) is 2.95. The second-order valence-corrected chi connectivity index (χ2v) is 3.58. The molecule has 84 valence electrons. The first kappa shape index (κ1) is 10.7. The number of aromatic nitrogens is 1. The molecule has 1 heterocycles. The van der Waals surface area contributed by atoms with Gasteiger partial charge in [-0.3, -0.25) is 4.98 Å². The van der Waals surface area contributed by atoms with Crippen molar-refractivity contribution in [3.05, 3.63) is 30.0 Å². The summed E-state index contributed by atoms with van der Waals surface area (Å²) in [5.74, 6) is 1.68. The quantitative estimate of drug-likeness (QED) is 0.792. The predicted molar refractivity (Wildman–Crippen MR) is 64.2 cm³/mol. The van der Waals surface area contributed by atoms with Gasteiger partial charge in [0, 0.05) is 17.1 Å². The molecule has 16 heavy (non-hydrogen) atoms. The Hall–Kier alpha value is -1.77. The van der Waals surface area contributed by atoms with Gasteiger partial charge in [0.2, 0.25) is 0 Å². The monoisotopic (exact) mass is 217 g/mol. The minimum Gasteiger partial charge on any atom is -0.496 e. The summed E-state index contributed by atoms with van der Waals surface area (Å²) in [6, 6.07) is 7.77. The van der Waals surface area contributed by atoms with Crippen LogP contribution in [0.4, 0.5) is 0 Å². The van der Waals surface area contributed by atoms with Crippen LogP contribution in [0.15, 0.2) is 24.3 Å². The molecule has 1 aromatic heterocycles. The molecule has 0 aliphatic heterocycles. The van der Waals surface area contributed by atoms with Gasteiger partial charge in [0.15, 0.2) is 0 Å². The van der Waals surface area contributed by atoms with Gasteiger partial charge in [-0.2, -0.15) is 0 Å². The average molecular weight is 217 g/mol. The fourth-order valence-corrected chi connectivity index (χ4v) is 1.73. The van der Waals surface area contributed by atoms with E-state index >= 15 is 0 Å². The number of benzene rings is 1. The first-order valence-corrected chi connectivity index (χ1v) is 5.32. The minimum atomic E-state index is 0.660. The van der Waals surface area contributed by atoms with Crippen molar-refractivity contribution in [3.8, 4) is 11.5 Å². The van der Waals surface area contributed by atoms with Crippen molar-refractivity contribution >= 4 is 10.9 Å². The molecule has 1 aromatic carbocycles. The minimum absolute atomic E-state index is 0.660. The van der Waals surface area contributed by atoms with E-state index in [9.17, 15) is 0 Å². The lowest BCUT2D eigenvalue weighted by Gasteiger charge is -2.08. The number of pyridine rings is 1. The summed E-state index contributed by atoms with van der Waals surface area (Å²) in [7, 11) is 1.67. The van der Waals surface area contributed by atoms with E-state index in [4.69, 9.17) is 9.47 Å². The van der Waals surface area contributed by atoms with Gasteiger partial charge in [0.05, 0.1) is 19.2 Å². The summed E-state index contributed by atoms with van der Waals surface area (Å²) >= 11 is 0. The number of ether oxygens (including phenoxy) is 2. The third kappa shape index (κ3) is 1.94. The molecule has 0 N–H and O–H groups in total. The van der Waals surface area contributed by atoms with Crippen molar-refractivity contribution in [2.45, 2.75) is 13.8 Å². The van der Waals surface area contributed by atoms with E-state index in [-0.39, 0.29) is 0 Å². The maximum Gasteiger partial charge on any atom is 0.130 e. The topological polar surface area (TPSA) is 31.4 Å². The number of nitrogens with zero attached hydrogens (tertiary/aromatic N) is 1. The molecule has 0 aliphatic carbocycles. The number of hydrogen-bond donors (Lipinski definition) is 0. The molecule has 2 aromatic rings. The third-order valence-electron chi connectivity index (χ3n) is 2.40. The second kappa shape index (κ2) is 4.39. The third-order valence-corrected chi connectivity index (χ3v) is 2.40. The van der Waals surface area contributed by atoms with E-state index in [2.05, 4.69) is 4.98 Å². The lowest BCUT2D eigenvalue weighted by atomic mass is 10.1. The van der Waals surface area contributed by atoms with Crippen molar-refractivity contribution in [3.63, 3.8) is 0 Å². The standard InChI is InChI=1S/C13H15NO2/c1-4-16-10-5-6-12-11(8-10)13(15-3)7-9(2)14-12/h5-8H,4H2,1-3H3. The van der Waals surface area contributed by atoms with Crippen LogP contribution in [0.2, 0.25) is 0 Å². The molecular formula is C13H15NO2. The molecule has 3 heteroatoms. The first-order valence-electron chi connectivity index (χ1n) is 5.32. The smallest absolute Gasteiger partial charge is 0.130 e. The van der Waals surface area contributed by atoms with Gasteiger partial charge in [-0.05, 0) is 32.0 Å². The second-order valence-electron chi connectivity index (χ2n) is 3.58. The molecule has 0 saturated carbocycles. The van der Waals surface area contributed by atoms with Crippen LogP contribution in [0.1, 0.15) is 12.6 Å². The van der Waals surface area contributed by atoms with E-state index in [1.165, 1.54) is 0 Å². The van der Waals surface area contributed by atoms with E-state index in [0.717, 1.165) is 28.1 Å². The molecule has 0 saturated heterocycles. The zero-order valence-corrected chi connectivity index (χ0v) is 9.78. The van der Waals surface area contributed by atoms with E-state index in [1.807, 2.05) is 38.1 Å². The van der Waals surface area contributed by atoms with Crippen LogP contribution in [-0.4, -0.2) is 18.7 Å². The lowest BCUT2D eigenvalue weighted by molar-refractivity contribution is 0.340. The molecule has 0 atom stereocenters. The molecular weight excluding hydrogens is 202 g/mol. The first-order chi connectivity index (χ1) is 7.74. The maximum absolute atomic E-state index is 5.46. The zero-order valence-electron chi connectivity index (χ0n) is 9.78. The Morgan fingerprint density at radius 2 is 2.06 bits per heavy atom. The van der Waals surface area contributed by atoms with Crippen LogP contribution in [0.5, 0.6) is 11.5 Å². The van der Waals surface area contributed by atoms with Crippen molar-refractivity contribution in [2.24, 2.45) is 0 Å². The van der Waals surface area contributed by atoms with Crippen molar-refractivity contribution in [2.75, 3.05) is 13.7 Å². The van der Waals surface area contributed by atoms with Crippen molar-refractivity contribution in [1.82, 2.24) is 4.98 Å². The van der Waals surface area contributed by atoms with Crippen LogP contribution in [-0.2, 0) is 0 Å². The normalized spacial score (nSPS) is 10.4. The Labute approximate surface area is 95.0 Å².